The minimum atomic E-state index is 0.0754. The van der Waals surface area contributed by atoms with Gasteiger partial charge < -0.3 is 5.73 Å². The molecule has 0 radical (unpaired) electrons. The molecule has 4 nitrogen and oxygen atoms in total. The molecule has 0 aromatic carbocycles. The lowest BCUT2D eigenvalue weighted by molar-refractivity contribution is 0.149. The summed E-state index contributed by atoms with van der Waals surface area (Å²) >= 11 is 0. The predicted molar refractivity (Wildman–Crippen MR) is 83.5 cm³/mol. The Morgan fingerprint density at radius 3 is 2.90 bits per heavy atom. The highest BCUT2D eigenvalue weighted by Gasteiger charge is 2.29. The molecule has 3 atom stereocenters. The summed E-state index contributed by atoms with van der Waals surface area (Å²) in [7, 11) is 2.18. The molecule has 3 unspecified atom stereocenters. The number of hydrogen-bond acceptors (Lipinski definition) is 4. The number of aromatic nitrogens is 1. The number of hydrogen-bond donors (Lipinski definition) is 1. The fraction of sp³-hybridized carbons (Fsp3) is 0.688. The van der Waals surface area contributed by atoms with E-state index in [2.05, 4.69) is 41.7 Å². The monoisotopic (exact) mass is 276 g/mol. The van der Waals surface area contributed by atoms with Gasteiger partial charge in [-0.1, -0.05) is 13.0 Å². The first-order chi connectivity index (χ1) is 9.63. The van der Waals surface area contributed by atoms with Crippen LogP contribution in [0.15, 0.2) is 24.4 Å². The van der Waals surface area contributed by atoms with E-state index >= 15 is 0 Å². The van der Waals surface area contributed by atoms with Crippen molar-refractivity contribution in [2.45, 2.75) is 44.8 Å². The number of nitrogens with two attached hydrogens (primary N) is 1. The van der Waals surface area contributed by atoms with E-state index in [-0.39, 0.29) is 12.1 Å². The number of rotatable bonds is 6. The first-order valence-corrected chi connectivity index (χ1v) is 7.74. The molecule has 2 rings (SSSR count). The van der Waals surface area contributed by atoms with E-state index in [1.54, 1.807) is 0 Å². The zero-order chi connectivity index (χ0) is 14.5. The van der Waals surface area contributed by atoms with Gasteiger partial charge in [0.05, 0.1) is 11.7 Å². The maximum atomic E-state index is 6.22. The minimum Gasteiger partial charge on any atom is -0.326 e. The lowest BCUT2D eigenvalue weighted by atomic mass is 10.0. The van der Waals surface area contributed by atoms with Crippen molar-refractivity contribution >= 4 is 0 Å². The van der Waals surface area contributed by atoms with Crippen molar-refractivity contribution in [3.05, 3.63) is 30.1 Å². The third-order valence-electron chi connectivity index (χ3n) is 4.37. The van der Waals surface area contributed by atoms with E-state index in [9.17, 15) is 0 Å². The van der Waals surface area contributed by atoms with E-state index in [1.165, 1.54) is 19.4 Å². The van der Waals surface area contributed by atoms with Crippen molar-refractivity contribution < 1.29 is 0 Å². The Hall–Kier alpha value is -0.970. The average Bonchev–Trinajstić information content (AvgIpc) is 2.86. The molecule has 1 aromatic rings. The second kappa shape index (κ2) is 7.16. The summed E-state index contributed by atoms with van der Waals surface area (Å²) in [4.78, 5) is 9.46. The van der Waals surface area contributed by atoms with E-state index in [0.29, 0.717) is 6.04 Å². The first-order valence-electron chi connectivity index (χ1n) is 7.74. The van der Waals surface area contributed by atoms with Crippen LogP contribution in [0.5, 0.6) is 0 Å². The predicted octanol–water partition coefficient (Wildman–Crippen LogP) is 1.89. The summed E-state index contributed by atoms with van der Waals surface area (Å²) in [6.45, 7) is 7.77. The van der Waals surface area contributed by atoms with Crippen molar-refractivity contribution in [2.75, 3.05) is 26.7 Å². The van der Waals surface area contributed by atoms with Crippen LogP contribution in [-0.2, 0) is 0 Å². The van der Waals surface area contributed by atoms with Gasteiger partial charge in [0.2, 0.25) is 0 Å². The Balaban J connectivity index is 2.06. The molecule has 4 heteroatoms. The van der Waals surface area contributed by atoms with Gasteiger partial charge in [-0.15, -0.1) is 0 Å². The van der Waals surface area contributed by atoms with Crippen LogP contribution in [-0.4, -0.2) is 53.5 Å². The molecule has 2 heterocycles. The minimum absolute atomic E-state index is 0.0754. The van der Waals surface area contributed by atoms with Gasteiger partial charge >= 0.3 is 0 Å². The molecule has 112 valence electrons. The quantitative estimate of drug-likeness (QED) is 0.862. The van der Waals surface area contributed by atoms with Crippen LogP contribution in [0.2, 0.25) is 0 Å². The van der Waals surface area contributed by atoms with Crippen LogP contribution in [0.25, 0.3) is 0 Å². The third-order valence-corrected chi connectivity index (χ3v) is 4.37. The maximum absolute atomic E-state index is 6.22. The molecule has 0 amide bonds. The van der Waals surface area contributed by atoms with Crippen molar-refractivity contribution in [3.8, 4) is 0 Å². The van der Waals surface area contributed by atoms with Gasteiger partial charge in [-0.3, -0.25) is 14.8 Å². The number of nitrogens with zero attached hydrogens (tertiary/aromatic N) is 3. The van der Waals surface area contributed by atoms with Crippen molar-refractivity contribution in [2.24, 2.45) is 5.73 Å². The van der Waals surface area contributed by atoms with Crippen molar-refractivity contribution in [1.82, 2.24) is 14.8 Å². The first kappa shape index (κ1) is 15.4. The summed E-state index contributed by atoms with van der Waals surface area (Å²) in [5.41, 5.74) is 7.29. The SMILES string of the molecule is CCN1CCCC1CN(C)C(c1ccccn1)C(C)N. The van der Waals surface area contributed by atoms with Gasteiger partial charge in [0.1, 0.15) is 0 Å². The van der Waals surface area contributed by atoms with Crippen LogP contribution in [0, 0.1) is 0 Å². The van der Waals surface area contributed by atoms with Gasteiger partial charge in [0, 0.05) is 24.8 Å². The zero-order valence-electron chi connectivity index (χ0n) is 13.0. The van der Waals surface area contributed by atoms with Crippen LogP contribution in [0.1, 0.15) is 38.4 Å². The lowest BCUT2D eigenvalue weighted by Crippen LogP contribution is -2.44. The maximum Gasteiger partial charge on any atom is 0.0669 e. The van der Waals surface area contributed by atoms with Gasteiger partial charge in [0.25, 0.3) is 0 Å². The second-order valence-electron chi connectivity index (χ2n) is 5.92. The molecule has 1 saturated heterocycles. The standard InChI is InChI=1S/C16H28N4/c1-4-20-11-7-8-14(20)12-19(3)16(13(2)17)15-9-5-6-10-18-15/h5-6,9-10,13-14,16H,4,7-8,11-12,17H2,1-3H3. The Bertz CT molecular complexity index is 393. The smallest absolute Gasteiger partial charge is 0.0669 e. The second-order valence-corrected chi connectivity index (χ2v) is 5.92. The summed E-state index contributed by atoms with van der Waals surface area (Å²) in [5, 5.41) is 0. The van der Waals surface area contributed by atoms with E-state index in [1.807, 2.05) is 18.3 Å². The van der Waals surface area contributed by atoms with Crippen LogP contribution in [0.4, 0.5) is 0 Å². The van der Waals surface area contributed by atoms with Crippen molar-refractivity contribution in [1.29, 1.82) is 0 Å². The van der Waals surface area contributed by atoms with Crippen LogP contribution >= 0.6 is 0 Å². The molecule has 1 fully saturated rings. The third kappa shape index (κ3) is 3.57. The molecule has 0 spiro atoms. The molecule has 1 aliphatic heterocycles. The van der Waals surface area contributed by atoms with E-state index < -0.39 is 0 Å². The number of likely N-dealkylation sites (N-methyl/N-ethyl adjacent to an activating group) is 2. The van der Waals surface area contributed by atoms with E-state index in [0.717, 1.165) is 18.8 Å². The Morgan fingerprint density at radius 1 is 1.50 bits per heavy atom. The Morgan fingerprint density at radius 2 is 2.30 bits per heavy atom. The molecule has 0 aliphatic carbocycles. The largest absolute Gasteiger partial charge is 0.326 e. The van der Waals surface area contributed by atoms with E-state index in [4.69, 9.17) is 5.73 Å². The number of likely N-dealkylation sites (tertiary alicyclic amines) is 1. The summed E-state index contributed by atoms with van der Waals surface area (Å²) in [6, 6.07) is 7.00. The van der Waals surface area contributed by atoms with Crippen LogP contribution in [0.3, 0.4) is 0 Å². The summed E-state index contributed by atoms with van der Waals surface area (Å²) < 4.78 is 0. The highest BCUT2D eigenvalue weighted by molar-refractivity contribution is 5.11. The van der Waals surface area contributed by atoms with Crippen molar-refractivity contribution in [3.63, 3.8) is 0 Å². The summed E-state index contributed by atoms with van der Waals surface area (Å²) in [6.07, 6.45) is 4.47. The highest BCUT2D eigenvalue weighted by atomic mass is 15.2. The van der Waals surface area contributed by atoms with Gasteiger partial charge in [-0.2, -0.15) is 0 Å². The molecule has 0 saturated carbocycles. The highest BCUT2D eigenvalue weighted by Crippen LogP contribution is 2.24. The Kier molecular flexibility index (Phi) is 5.52. The molecule has 20 heavy (non-hydrogen) atoms. The van der Waals surface area contributed by atoms with Gasteiger partial charge in [-0.05, 0) is 52.0 Å². The molecule has 0 bridgehead atoms. The summed E-state index contributed by atoms with van der Waals surface area (Å²) in [5.74, 6) is 0. The molecular formula is C16H28N4. The molecule has 2 N–H and O–H groups in total. The molecular weight excluding hydrogens is 248 g/mol. The zero-order valence-corrected chi connectivity index (χ0v) is 13.0. The normalized spacial score (nSPS) is 23.1. The molecule has 1 aliphatic rings. The topological polar surface area (TPSA) is 45.4 Å². The fourth-order valence-electron chi connectivity index (χ4n) is 3.41. The number of pyridine rings is 1. The Labute approximate surface area is 123 Å². The fourth-order valence-corrected chi connectivity index (χ4v) is 3.41. The van der Waals surface area contributed by atoms with Gasteiger partial charge in [0.15, 0.2) is 0 Å². The van der Waals surface area contributed by atoms with Crippen LogP contribution < -0.4 is 5.73 Å². The lowest BCUT2D eigenvalue weighted by Gasteiger charge is -2.34. The van der Waals surface area contributed by atoms with Gasteiger partial charge in [-0.25, -0.2) is 0 Å². The molecule has 1 aromatic heterocycles. The average molecular weight is 276 g/mol.